The highest BCUT2D eigenvalue weighted by Gasteiger charge is 2.21. The maximum absolute atomic E-state index is 5.46. The smallest absolute Gasteiger partial charge is 0.231 e. The lowest BCUT2D eigenvalue weighted by Gasteiger charge is -2.23. The van der Waals surface area contributed by atoms with Crippen molar-refractivity contribution in [1.29, 1.82) is 0 Å². The van der Waals surface area contributed by atoms with Gasteiger partial charge in [-0.2, -0.15) is 5.10 Å². The van der Waals surface area contributed by atoms with E-state index in [1.54, 1.807) is 11.3 Å². The second-order valence-corrected chi connectivity index (χ2v) is 7.67. The summed E-state index contributed by atoms with van der Waals surface area (Å²) in [5, 5.41) is 11.3. The van der Waals surface area contributed by atoms with E-state index in [2.05, 4.69) is 32.4 Å². The van der Waals surface area contributed by atoms with Crippen molar-refractivity contribution in [1.82, 2.24) is 25.1 Å². The van der Waals surface area contributed by atoms with Crippen molar-refractivity contribution in [2.45, 2.75) is 45.3 Å². The Labute approximate surface area is 161 Å². The molecule has 1 atom stereocenters. The first-order valence-electron chi connectivity index (χ1n) is 9.29. The van der Waals surface area contributed by atoms with Crippen LogP contribution in [0.5, 0.6) is 11.5 Å². The fourth-order valence-electron chi connectivity index (χ4n) is 3.48. The minimum Gasteiger partial charge on any atom is -0.454 e. The molecule has 7 nitrogen and oxygen atoms in total. The van der Waals surface area contributed by atoms with E-state index in [1.165, 1.54) is 0 Å². The van der Waals surface area contributed by atoms with Crippen molar-refractivity contribution in [2.24, 2.45) is 0 Å². The second kappa shape index (κ2) is 6.94. The lowest BCUT2D eigenvalue weighted by molar-refractivity contribution is 0.174. The first-order chi connectivity index (χ1) is 13.3. The van der Waals surface area contributed by atoms with E-state index in [4.69, 9.17) is 14.5 Å². The van der Waals surface area contributed by atoms with Gasteiger partial charge in [-0.1, -0.05) is 6.92 Å². The van der Waals surface area contributed by atoms with Crippen LogP contribution in [0.1, 0.15) is 30.7 Å². The molecule has 1 aromatic carbocycles. The van der Waals surface area contributed by atoms with Gasteiger partial charge < -0.3 is 14.8 Å². The quantitative estimate of drug-likeness (QED) is 0.730. The minimum atomic E-state index is 0.292. The fourth-order valence-corrected chi connectivity index (χ4v) is 4.29. The zero-order valence-electron chi connectivity index (χ0n) is 15.1. The van der Waals surface area contributed by atoms with Crippen LogP contribution >= 0.6 is 11.3 Å². The standard InChI is InChI=1S/C19H21N5O2S/c1-2-17-22-18-6-4-13(9-24(18)23-17)20-8-14-10-27-19(21-14)12-3-5-15-16(7-12)26-11-25-15/h3,5,7,10,13,20H,2,4,6,8-9,11H2,1H3. The van der Waals surface area contributed by atoms with Crippen LogP contribution in [0.4, 0.5) is 0 Å². The highest BCUT2D eigenvalue weighted by Crippen LogP contribution is 2.36. The number of benzene rings is 1. The number of hydrogen-bond acceptors (Lipinski definition) is 7. The fraction of sp³-hybridized carbons (Fsp3) is 0.421. The second-order valence-electron chi connectivity index (χ2n) is 6.81. The van der Waals surface area contributed by atoms with Crippen LogP contribution in [-0.4, -0.2) is 32.6 Å². The van der Waals surface area contributed by atoms with Crippen molar-refractivity contribution in [3.63, 3.8) is 0 Å². The van der Waals surface area contributed by atoms with Gasteiger partial charge in [0.1, 0.15) is 10.8 Å². The van der Waals surface area contributed by atoms with Gasteiger partial charge in [-0.3, -0.25) is 0 Å². The Balaban J connectivity index is 1.22. The molecule has 140 valence electrons. The molecule has 0 saturated heterocycles. The van der Waals surface area contributed by atoms with Gasteiger partial charge in [0, 0.05) is 36.4 Å². The number of aromatic nitrogens is 4. The van der Waals surface area contributed by atoms with E-state index in [1.807, 2.05) is 18.2 Å². The minimum absolute atomic E-state index is 0.292. The van der Waals surface area contributed by atoms with E-state index in [9.17, 15) is 0 Å². The molecule has 2 aliphatic rings. The van der Waals surface area contributed by atoms with Crippen molar-refractivity contribution in [3.05, 3.63) is 40.9 Å². The maximum Gasteiger partial charge on any atom is 0.231 e. The normalized spacial score (nSPS) is 17.9. The van der Waals surface area contributed by atoms with Gasteiger partial charge in [0.05, 0.1) is 12.2 Å². The van der Waals surface area contributed by atoms with Crippen molar-refractivity contribution >= 4 is 11.3 Å². The molecule has 0 aliphatic carbocycles. The van der Waals surface area contributed by atoms with Gasteiger partial charge in [0.25, 0.3) is 0 Å². The van der Waals surface area contributed by atoms with Gasteiger partial charge in [-0.15, -0.1) is 11.3 Å². The van der Waals surface area contributed by atoms with Crippen LogP contribution in [0.3, 0.4) is 0 Å². The highest BCUT2D eigenvalue weighted by atomic mass is 32.1. The van der Waals surface area contributed by atoms with Crippen molar-refractivity contribution < 1.29 is 9.47 Å². The van der Waals surface area contributed by atoms with Gasteiger partial charge >= 0.3 is 0 Å². The van der Waals surface area contributed by atoms with E-state index < -0.39 is 0 Å². The van der Waals surface area contributed by atoms with E-state index in [0.717, 1.165) is 71.8 Å². The van der Waals surface area contributed by atoms with E-state index in [0.29, 0.717) is 12.8 Å². The maximum atomic E-state index is 5.46. The van der Waals surface area contributed by atoms with Gasteiger partial charge in [0.2, 0.25) is 6.79 Å². The summed E-state index contributed by atoms with van der Waals surface area (Å²) in [5.41, 5.74) is 2.12. The lowest BCUT2D eigenvalue weighted by Crippen LogP contribution is -2.37. The van der Waals surface area contributed by atoms with Crippen LogP contribution in [-0.2, 0) is 25.9 Å². The monoisotopic (exact) mass is 383 g/mol. The SMILES string of the molecule is CCc1nc2n(n1)CC(NCc1csc(-c3ccc4c(c3)OCO4)n1)CC2. The molecular formula is C19H21N5O2S. The summed E-state index contributed by atoms with van der Waals surface area (Å²) in [6, 6.07) is 6.37. The topological polar surface area (TPSA) is 74.1 Å². The summed E-state index contributed by atoms with van der Waals surface area (Å²) >= 11 is 1.65. The zero-order valence-corrected chi connectivity index (χ0v) is 16.0. The summed E-state index contributed by atoms with van der Waals surface area (Å²) in [5.74, 6) is 3.65. The molecule has 5 rings (SSSR count). The Hall–Kier alpha value is -2.45. The summed E-state index contributed by atoms with van der Waals surface area (Å²) in [6.07, 6.45) is 2.95. The lowest BCUT2D eigenvalue weighted by atomic mass is 10.1. The number of fused-ring (bicyclic) bond motifs is 2. The summed E-state index contributed by atoms with van der Waals surface area (Å²) in [4.78, 5) is 9.35. The van der Waals surface area contributed by atoms with Crippen LogP contribution in [0.25, 0.3) is 10.6 Å². The molecule has 0 fully saturated rings. The molecule has 27 heavy (non-hydrogen) atoms. The number of thiazole rings is 1. The van der Waals surface area contributed by atoms with Crippen LogP contribution in [0.15, 0.2) is 23.6 Å². The van der Waals surface area contributed by atoms with E-state index in [-0.39, 0.29) is 0 Å². The summed E-state index contributed by atoms with van der Waals surface area (Å²) in [6.45, 7) is 4.02. The largest absolute Gasteiger partial charge is 0.454 e. The van der Waals surface area contributed by atoms with Gasteiger partial charge in [-0.25, -0.2) is 14.6 Å². The number of nitrogens with one attached hydrogen (secondary N) is 1. The predicted octanol–water partition coefficient (Wildman–Crippen LogP) is 2.80. The molecule has 8 heteroatoms. The number of nitrogens with zero attached hydrogens (tertiary/aromatic N) is 4. The van der Waals surface area contributed by atoms with Crippen molar-refractivity contribution in [3.8, 4) is 22.1 Å². The zero-order chi connectivity index (χ0) is 18.2. The summed E-state index contributed by atoms with van der Waals surface area (Å²) in [7, 11) is 0. The van der Waals surface area contributed by atoms with Crippen LogP contribution in [0, 0.1) is 0 Å². The number of ether oxygens (including phenoxy) is 2. The molecule has 0 amide bonds. The Morgan fingerprint density at radius 1 is 1.26 bits per heavy atom. The van der Waals surface area contributed by atoms with E-state index >= 15 is 0 Å². The van der Waals surface area contributed by atoms with Gasteiger partial charge in [-0.05, 0) is 24.6 Å². The molecular weight excluding hydrogens is 362 g/mol. The molecule has 1 N–H and O–H groups in total. The molecule has 0 bridgehead atoms. The molecule has 4 heterocycles. The average molecular weight is 383 g/mol. The Kier molecular flexibility index (Phi) is 4.29. The third-order valence-electron chi connectivity index (χ3n) is 4.96. The molecule has 2 aliphatic heterocycles. The molecule has 2 aromatic heterocycles. The summed E-state index contributed by atoms with van der Waals surface area (Å²) < 4.78 is 12.9. The third-order valence-corrected chi connectivity index (χ3v) is 5.90. The average Bonchev–Trinajstić information content (AvgIpc) is 3.43. The highest BCUT2D eigenvalue weighted by molar-refractivity contribution is 7.13. The number of aryl methyl sites for hydroxylation is 2. The predicted molar refractivity (Wildman–Crippen MR) is 102 cm³/mol. The Morgan fingerprint density at radius 3 is 3.11 bits per heavy atom. The number of hydrogen-bond donors (Lipinski definition) is 1. The molecule has 1 unspecified atom stereocenters. The third kappa shape index (κ3) is 3.30. The first kappa shape index (κ1) is 16.7. The molecule has 0 saturated carbocycles. The van der Waals surface area contributed by atoms with Crippen molar-refractivity contribution in [2.75, 3.05) is 6.79 Å². The number of rotatable bonds is 5. The van der Waals surface area contributed by atoms with Crippen LogP contribution < -0.4 is 14.8 Å². The first-order valence-corrected chi connectivity index (χ1v) is 10.2. The molecule has 0 radical (unpaired) electrons. The van der Waals surface area contributed by atoms with Crippen LogP contribution in [0.2, 0.25) is 0 Å². The Bertz CT molecular complexity index is 967. The Morgan fingerprint density at radius 2 is 2.19 bits per heavy atom. The molecule has 0 spiro atoms. The molecule has 3 aromatic rings. The van der Waals surface area contributed by atoms with Gasteiger partial charge in [0.15, 0.2) is 17.3 Å².